The summed E-state index contributed by atoms with van der Waals surface area (Å²) in [5.74, 6) is -0.526. The van der Waals surface area contributed by atoms with Crippen LogP contribution < -0.4 is 16.2 Å². The molecule has 0 aliphatic rings. The molecule has 5 N–H and O–H groups in total. The van der Waals surface area contributed by atoms with Gasteiger partial charge in [-0.05, 0) is 6.42 Å². The van der Waals surface area contributed by atoms with Crippen molar-refractivity contribution >= 4 is 15.9 Å². The Kier molecular flexibility index (Phi) is 5.60. The third kappa shape index (κ3) is 7.69. The minimum atomic E-state index is -3.26. The average molecular weight is 209 g/mol. The van der Waals surface area contributed by atoms with E-state index in [9.17, 15) is 13.2 Å². The molecule has 1 amide bonds. The summed E-state index contributed by atoms with van der Waals surface area (Å²) in [7, 11) is -3.26. The molecular formula is C6H15N3O3S. The highest BCUT2D eigenvalue weighted by atomic mass is 32.2. The first-order valence-electron chi connectivity index (χ1n) is 3.93. The second-order valence-corrected chi connectivity index (χ2v) is 4.50. The molecule has 0 spiro atoms. The summed E-state index contributed by atoms with van der Waals surface area (Å²) < 4.78 is 24.2. The van der Waals surface area contributed by atoms with Gasteiger partial charge in [0.15, 0.2) is 0 Å². The lowest BCUT2D eigenvalue weighted by Gasteiger charge is -2.03. The van der Waals surface area contributed by atoms with Gasteiger partial charge in [-0.3, -0.25) is 4.79 Å². The van der Waals surface area contributed by atoms with E-state index in [2.05, 4.69) is 4.72 Å². The highest BCUT2D eigenvalue weighted by molar-refractivity contribution is 7.89. The van der Waals surface area contributed by atoms with Gasteiger partial charge >= 0.3 is 0 Å². The highest BCUT2D eigenvalue weighted by Crippen LogP contribution is 1.87. The molecule has 0 saturated carbocycles. The zero-order valence-corrected chi connectivity index (χ0v) is 8.14. The van der Waals surface area contributed by atoms with Gasteiger partial charge in [-0.25, -0.2) is 13.1 Å². The molecule has 0 rings (SSSR count). The van der Waals surface area contributed by atoms with Gasteiger partial charge < -0.3 is 11.5 Å². The Morgan fingerprint density at radius 1 is 1.38 bits per heavy atom. The predicted molar refractivity (Wildman–Crippen MR) is 49.3 cm³/mol. The summed E-state index contributed by atoms with van der Waals surface area (Å²) in [6.45, 7) is 0.316. The van der Waals surface area contributed by atoms with Gasteiger partial charge in [0.1, 0.15) is 0 Å². The van der Waals surface area contributed by atoms with Crippen molar-refractivity contribution < 1.29 is 13.2 Å². The van der Waals surface area contributed by atoms with E-state index in [4.69, 9.17) is 11.5 Å². The van der Waals surface area contributed by atoms with Crippen LogP contribution in [0.5, 0.6) is 0 Å². The topological polar surface area (TPSA) is 115 Å². The van der Waals surface area contributed by atoms with Gasteiger partial charge in [0.2, 0.25) is 15.9 Å². The molecule has 13 heavy (non-hydrogen) atoms. The smallest absolute Gasteiger partial charge is 0.217 e. The number of primary amides is 1. The van der Waals surface area contributed by atoms with Gasteiger partial charge in [-0.1, -0.05) is 0 Å². The zero-order chi connectivity index (χ0) is 10.3. The van der Waals surface area contributed by atoms with Crippen LogP contribution in [-0.2, 0) is 14.8 Å². The largest absolute Gasteiger partial charge is 0.370 e. The fraction of sp³-hybridized carbons (Fsp3) is 0.833. The normalized spacial score (nSPS) is 11.5. The molecule has 7 heteroatoms. The Labute approximate surface area is 77.7 Å². The van der Waals surface area contributed by atoms with Crippen LogP contribution in [0.4, 0.5) is 0 Å². The van der Waals surface area contributed by atoms with Crippen molar-refractivity contribution in [2.24, 2.45) is 11.5 Å². The van der Waals surface area contributed by atoms with E-state index in [0.29, 0.717) is 6.42 Å². The number of nitrogens with two attached hydrogens (primary N) is 2. The van der Waals surface area contributed by atoms with Crippen molar-refractivity contribution in [3.63, 3.8) is 0 Å². The van der Waals surface area contributed by atoms with Crippen LogP contribution in [0.25, 0.3) is 0 Å². The minimum absolute atomic E-state index is 0.0884. The van der Waals surface area contributed by atoms with E-state index in [1.807, 2.05) is 0 Å². The molecule has 0 heterocycles. The van der Waals surface area contributed by atoms with E-state index >= 15 is 0 Å². The average Bonchev–Trinajstić information content (AvgIpc) is 1.98. The number of rotatable bonds is 7. The van der Waals surface area contributed by atoms with E-state index in [0.717, 1.165) is 0 Å². The summed E-state index contributed by atoms with van der Waals surface area (Å²) in [4.78, 5) is 10.3. The molecule has 0 aliphatic carbocycles. The quantitative estimate of drug-likeness (QED) is 0.426. The SMILES string of the molecule is NCCS(=O)(=O)NCCCC(N)=O. The molecule has 0 atom stereocenters. The molecule has 0 fully saturated rings. The van der Waals surface area contributed by atoms with Crippen LogP contribution in [0.2, 0.25) is 0 Å². The van der Waals surface area contributed by atoms with Crippen LogP contribution in [0.15, 0.2) is 0 Å². The highest BCUT2D eigenvalue weighted by Gasteiger charge is 2.07. The molecule has 0 bridgehead atoms. The summed E-state index contributed by atoms with van der Waals surface area (Å²) in [5.41, 5.74) is 9.94. The number of sulfonamides is 1. The summed E-state index contributed by atoms with van der Waals surface area (Å²) in [5, 5.41) is 0. The number of hydrogen-bond donors (Lipinski definition) is 3. The van der Waals surface area contributed by atoms with Crippen LogP contribution in [-0.4, -0.2) is 33.2 Å². The lowest BCUT2D eigenvalue weighted by atomic mass is 10.3. The molecule has 0 aromatic carbocycles. The van der Waals surface area contributed by atoms with Crippen LogP contribution >= 0.6 is 0 Å². The lowest BCUT2D eigenvalue weighted by molar-refractivity contribution is -0.118. The maximum atomic E-state index is 11.0. The first-order valence-corrected chi connectivity index (χ1v) is 5.59. The number of amides is 1. The Morgan fingerprint density at radius 2 is 2.00 bits per heavy atom. The third-order valence-corrected chi connectivity index (χ3v) is 2.73. The van der Waals surface area contributed by atoms with Gasteiger partial charge in [0, 0.05) is 19.5 Å². The standard InChI is InChI=1S/C6H15N3O3S/c7-3-5-13(11,12)9-4-1-2-6(8)10/h9H,1-5,7H2,(H2,8,10). The second-order valence-electron chi connectivity index (χ2n) is 2.57. The third-order valence-electron chi connectivity index (χ3n) is 1.31. The van der Waals surface area contributed by atoms with Crippen molar-refractivity contribution in [3.05, 3.63) is 0 Å². The van der Waals surface area contributed by atoms with Gasteiger partial charge in [-0.2, -0.15) is 0 Å². The molecule has 6 nitrogen and oxygen atoms in total. The van der Waals surface area contributed by atoms with E-state index in [-0.39, 0.29) is 25.3 Å². The molecule has 78 valence electrons. The summed E-state index contributed by atoms with van der Waals surface area (Å²) in [6.07, 6.45) is 0.601. The first kappa shape index (κ1) is 12.3. The fourth-order valence-electron chi connectivity index (χ4n) is 0.718. The molecule has 0 radical (unpaired) electrons. The number of hydrogen-bond acceptors (Lipinski definition) is 4. The van der Waals surface area contributed by atoms with Crippen LogP contribution in [0, 0.1) is 0 Å². The Bertz CT molecular complexity index is 250. The van der Waals surface area contributed by atoms with Gasteiger partial charge in [0.05, 0.1) is 5.75 Å². The maximum Gasteiger partial charge on any atom is 0.217 e. The minimum Gasteiger partial charge on any atom is -0.370 e. The summed E-state index contributed by atoms with van der Waals surface area (Å²) in [6, 6.07) is 0. The second kappa shape index (κ2) is 5.90. The number of carbonyl (C=O) groups excluding carboxylic acids is 1. The van der Waals surface area contributed by atoms with Gasteiger partial charge in [-0.15, -0.1) is 0 Å². The van der Waals surface area contributed by atoms with Crippen molar-refractivity contribution in [1.29, 1.82) is 0 Å². The Morgan fingerprint density at radius 3 is 2.46 bits per heavy atom. The first-order chi connectivity index (χ1) is 5.98. The van der Waals surface area contributed by atoms with E-state index in [1.165, 1.54) is 0 Å². The van der Waals surface area contributed by atoms with Crippen molar-refractivity contribution in [2.45, 2.75) is 12.8 Å². The predicted octanol–water partition coefficient (Wildman–Crippen LogP) is -1.87. The fourth-order valence-corrected chi connectivity index (χ4v) is 1.63. The van der Waals surface area contributed by atoms with Crippen molar-refractivity contribution in [1.82, 2.24) is 4.72 Å². The molecule has 0 unspecified atom stereocenters. The molecule has 0 aromatic rings. The van der Waals surface area contributed by atoms with E-state index < -0.39 is 15.9 Å². The molecule has 0 aliphatic heterocycles. The van der Waals surface area contributed by atoms with Gasteiger partial charge in [0.25, 0.3) is 0 Å². The maximum absolute atomic E-state index is 11.0. The monoisotopic (exact) mass is 209 g/mol. The van der Waals surface area contributed by atoms with Crippen molar-refractivity contribution in [2.75, 3.05) is 18.8 Å². The zero-order valence-electron chi connectivity index (χ0n) is 7.32. The lowest BCUT2D eigenvalue weighted by Crippen LogP contribution is -2.31. The number of carbonyl (C=O) groups is 1. The summed E-state index contributed by atoms with van der Waals surface area (Å²) >= 11 is 0. The van der Waals surface area contributed by atoms with E-state index in [1.54, 1.807) is 0 Å². The van der Waals surface area contributed by atoms with Crippen LogP contribution in [0.3, 0.4) is 0 Å². The molecule has 0 aromatic heterocycles. The number of nitrogens with one attached hydrogen (secondary N) is 1. The molecular weight excluding hydrogens is 194 g/mol. The van der Waals surface area contributed by atoms with Crippen LogP contribution in [0.1, 0.15) is 12.8 Å². The Hall–Kier alpha value is -0.660. The van der Waals surface area contributed by atoms with Crippen molar-refractivity contribution in [3.8, 4) is 0 Å². The molecule has 0 saturated heterocycles. The Balaban J connectivity index is 3.58.